The smallest absolute Gasteiger partial charge is 0.0938 e. The summed E-state index contributed by atoms with van der Waals surface area (Å²) in [4.78, 5) is 4.07. The van der Waals surface area contributed by atoms with Gasteiger partial charge < -0.3 is 10.8 Å². The monoisotopic (exact) mass is 270 g/mol. The molecule has 3 N–H and O–H groups in total. The van der Waals surface area contributed by atoms with Crippen molar-refractivity contribution in [3.63, 3.8) is 0 Å². The van der Waals surface area contributed by atoms with Gasteiger partial charge >= 0.3 is 0 Å². The molecular weight excluding hydrogens is 236 g/mol. The number of aliphatic imine (C=N–C) groups is 1. The summed E-state index contributed by atoms with van der Waals surface area (Å²) in [5.74, 6) is 0.699. The number of amidine groups is 1. The Morgan fingerprint density at radius 3 is 1.79 bits per heavy atom. The molecule has 0 aliphatic rings. The van der Waals surface area contributed by atoms with E-state index in [1.165, 1.54) is 64.2 Å². The third-order valence-corrected chi connectivity index (χ3v) is 3.45. The minimum atomic E-state index is 0.0962. The van der Waals surface area contributed by atoms with E-state index in [0.717, 1.165) is 12.8 Å². The molecule has 0 unspecified atom stereocenters. The highest BCUT2D eigenvalue weighted by molar-refractivity contribution is 5.80. The van der Waals surface area contributed by atoms with Crippen molar-refractivity contribution in [3.8, 4) is 0 Å². The zero-order chi connectivity index (χ0) is 14.2. The number of unbranched alkanes of at least 4 members (excludes halogenated alkanes) is 10. The number of hydrogen-bond donors (Lipinski definition) is 2. The van der Waals surface area contributed by atoms with Gasteiger partial charge in [0.1, 0.15) is 0 Å². The molecule has 0 saturated heterocycles. The molecule has 0 rings (SSSR count). The average molecular weight is 270 g/mol. The Balaban J connectivity index is 3.10. The van der Waals surface area contributed by atoms with Gasteiger partial charge in [-0.3, -0.25) is 4.99 Å². The number of aliphatic hydroxyl groups excluding tert-OH is 1. The molecule has 0 bridgehead atoms. The summed E-state index contributed by atoms with van der Waals surface area (Å²) in [6, 6.07) is 0. The zero-order valence-electron chi connectivity index (χ0n) is 12.9. The summed E-state index contributed by atoms with van der Waals surface area (Å²) in [6.07, 6.45) is 15.8. The average Bonchev–Trinajstić information content (AvgIpc) is 2.42. The lowest BCUT2D eigenvalue weighted by molar-refractivity contribution is 0.306. The first-order valence-corrected chi connectivity index (χ1v) is 8.21. The summed E-state index contributed by atoms with van der Waals surface area (Å²) in [5, 5.41) is 8.61. The van der Waals surface area contributed by atoms with Crippen LogP contribution in [0.5, 0.6) is 0 Å². The number of nitrogens with zero attached hydrogens (tertiary/aromatic N) is 1. The predicted octanol–water partition coefficient (Wildman–Crippen LogP) is 4.04. The molecule has 0 aliphatic carbocycles. The Kier molecular flexibility index (Phi) is 15.0. The lowest BCUT2D eigenvalue weighted by Gasteiger charge is -2.03. The second kappa shape index (κ2) is 15.5. The SMILES string of the molecule is CCCCCCCCCCCCCC(N)=NCCO. The third kappa shape index (κ3) is 15.4. The van der Waals surface area contributed by atoms with E-state index in [-0.39, 0.29) is 6.61 Å². The van der Waals surface area contributed by atoms with Crippen LogP contribution in [0, 0.1) is 0 Å². The Bertz CT molecular complexity index is 205. The molecule has 3 nitrogen and oxygen atoms in total. The lowest BCUT2D eigenvalue weighted by Crippen LogP contribution is -2.12. The van der Waals surface area contributed by atoms with Gasteiger partial charge in [0.05, 0.1) is 19.0 Å². The maximum atomic E-state index is 8.61. The molecule has 0 spiro atoms. The van der Waals surface area contributed by atoms with Gasteiger partial charge in [-0.1, -0.05) is 71.1 Å². The van der Waals surface area contributed by atoms with Crippen LogP contribution in [-0.2, 0) is 0 Å². The molecule has 3 heteroatoms. The molecule has 0 saturated carbocycles. The predicted molar refractivity (Wildman–Crippen MR) is 84.7 cm³/mol. The molecule has 0 atom stereocenters. The second-order valence-corrected chi connectivity index (χ2v) is 5.38. The van der Waals surface area contributed by atoms with Gasteiger partial charge in [0.15, 0.2) is 0 Å². The molecular formula is C16H34N2O. The fraction of sp³-hybridized carbons (Fsp3) is 0.938. The van der Waals surface area contributed by atoms with Gasteiger partial charge in [-0.05, 0) is 6.42 Å². The minimum Gasteiger partial charge on any atom is -0.394 e. The highest BCUT2D eigenvalue weighted by Gasteiger charge is 1.95. The Morgan fingerprint density at radius 2 is 1.32 bits per heavy atom. The van der Waals surface area contributed by atoms with Gasteiger partial charge in [-0.25, -0.2) is 0 Å². The van der Waals surface area contributed by atoms with E-state index in [4.69, 9.17) is 10.8 Å². The molecule has 0 aromatic heterocycles. The van der Waals surface area contributed by atoms with Crippen LogP contribution in [0.3, 0.4) is 0 Å². The first kappa shape index (κ1) is 18.4. The summed E-state index contributed by atoms with van der Waals surface area (Å²) in [7, 11) is 0. The fourth-order valence-corrected chi connectivity index (χ4v) is 2.24. The highest BCUT2D eigenvalue weighted by Crippen LogP contribution is 2.11. The standard InChI is InChI=1S/C16H34N2O/c1-2-3-4-5-6-7-8-9-10-11-12-13-16(17)18-14-15-19/h19H,2-15H2,1H3,(H2,17,18). The van der Waals surface area contributed by atoms with Gasteiger partial charge in [-0.2, -0.15) is 0 Å². The van der Waals surface area contributed by atoms with Crippen molar-refractivity contribution in [2.75, 3.05) is 13.2 Å². The van der Waals surface area contributed by atoms with Crippen LogP contribution in [0.25, 0.3) is 0 Å². The van der Waals surface area contributed by atoms with Crippen LogP contribution in [-0.4, -0.2) is 24.1 Å². The number of nitrogens with two attached hydrogens (primary N) is 1. The summed E-state index contributed by atoms with van der Waals surface area (Å²) >= 11 is 0. The number of rotatable bonds is 14. The van der Waals surface area contributed by atoms with E-state index in [9.17, 15) is 0 Å². The van der Waals surface area contributed by atoms with Crippen LogP contribution >= 0.6 is 0 Å². The third-order valence-electron chi connectivity index (χ3n) is 3.45. The van der Waals surface area contributed by atoms with Crippen LogP contribution in [0.2, 0.25) is 0 Å². The summed E-state index contributed by atoms with van der Waals surface area (Å²) < 4.78 is 0. The normalized spacial score (nSPS) is 12.0. The zero-order valence-corrected chi connectivity index (χ0v) is 12.9. The molecule has 19 heavy (non-hydrogen) atoms. The van der Waals surface area contributed by atoms with Crippen molar-refractivity contribution in [1.29, 1.82) is 0 Å². The van der Waals surface area contributed by atoms with Crippen LogP contribution in [0.1, 0.15) is 84.0 Å². The molecule has 0 aliphatic heterocycles. The Hall–Kier alpha value is -0.570. The maximum absolute atomic E-state index is 8.61. The molecule has 114 valence electrons. The summed E-state index contributed by atoms with van der Waals surface area (Å²) in [6.45, 7) is 2.81. The van der Waals surface area contributed by atoms with Crippen molar-refractivity contribution in [2.24, 2.45) is 10.7 Å². The fourth-order valence-electron chi connectivity index (χ4n) is 2.24. The van der Waals surface area contributed by atoms with Crippen molar-refractivity contribution < 1.29 is 5.11 Å². The largest absolute Gasteiger partial charge is 0.394 e. The van der Waals surface area contributed by atoms with Crippen molar-refractivity contribution in [1.82, 2.24) is 0 Å². The van der Waals surface area contributed by atoms with Crippen LogP contribution in [0.15, 0.2) is 4.99 Å². The molecule has 0 radical (unpaired) electrons. The molecule has 0 aromatic rings. The molecule has 0 aromatic carbocycles. The van der Waals surface area contributed by atoms with Crippen molar-refractivity contribution in [2.45, 2.75) is 84.0 Å². The van der Waals surface area contributed by atoms with Crippen molar-refractivity contribution in [3.05, 3.63) is 0 Å². The first-order chi connectivity index (χ1) is 9.31. The van der Waals surface area contributed by atoms with E-state index in [2.05, 4.69) is 11.9 Å². The van der Waals surface area contributed by atoms with Gasteiger partial charge in [-0.15, -0.1) is 0 Å². The van der Waals surface area contributed by atoms with E-state index >= 15 is 0 Å². The van der Waals surface area contributed by atoms with Crippen molar-refractivity contribution >= 4 is 5.84 Å². The van der Waals surface area contributed by atoms with E-state index in [0.29, 0.717) is 12.4 Å². The van der Waals surface area contributed by atoms with Crippen LogP contribution in [0.4, 0.5) is 0 Å². The Labute approximate surface area is 119 Å². The molecule has 0 fully saturated rings. The second-order valence-electron chi connectivity index (χ2n) is 5.38. The van der Waals surface area contributed by atoms with Gasteiger partial charge in [0, 0.05) is 6.42 Å². The van der Waals surface area contributed by atoms with Crippen LogP contribution < -0.4 is 5.73 Å². The maximum Gasteiger partial charge on any atom is 0.0938 e. The first-order valence-electron chi connectivity index (χ1n) is 8.21. The number of aliphatic hydroxyl groups is 1. The van der Waals surface area contributed by atoms with E-state index in [1.54, 1.807) is 0 Å². The molecule has 0 heterocycles. The van der Waals surface area contributed by atoms with E-state index < -0.39 is 0 Å². The van der Waals surface area contributed by atoms with Gasteiger partial charge in [0.25, 0.3) is 0 Å². The quantitative estimate of drug-likeness (QED) is 0.284. The minimum absolute atomic E-state index is 0.0962. The molecule has 0 amide bonds. The highest BCUT2D eigenvalue weighted by atomic mass is 16.3. The topological polar surface area (TPSA) is 58.6 Å². The number of hydrogen-bond acceptors (Lipinski definition) is 2. The lowest BCUT2D eigenvalue weighted by atomic mass is 10.1. The Morgan fingerprint density at radius 1 is 0.842 bits per heavy atom. The summed E-state index contributed by atoms with van der Waals surface area (Å²) in [5.41, 5.74) is 5.72. The van der Waals surface area contributed by atoms with Gasteiger partial charge in [0.2, 0.25) is 0 Å². The van der Waals surface area contributed by atoms with E-state index in [1.807, 2.05) is 0 Å².